The second kappa shape index (κ2) is 10.9. The molecular weight excluding hydrogens is 668 g/mol. The second-order valence-electron chi connectivity index (χ2n) is 13.5. The average Bonchev–Trinajstić information content (AvgIpc) is 3.76. The average molecular weight is 701 g/mol. The molecule has 4 heterocycles. The number of aromatic nitrogens is 2. The lowest BCUT2D eigenvalue weighted by Gasteiger charge is -2.49. The fourth-order valence-corrected chi connectivity index (χ4v) is 10.1. The first-order chi connectivity index (χ1) is 23.4. The van der Waals surface area contributed by atoms with E-state index in [2.05, 4.69) is 5.32 Å². The maximum absolute atomic E-state index is 15.0. The van der Waals surface area contributed by atoms with Crippen LogP contribution in [0.3, 0.4) is 0 Å². The number of hydrogen-bond acceptors (Lipinski definition) is 9. The topological polar surface area (TPSA) is 140 Å². The molecule has 0 radical (unpaired) electrons. The largest absolute Gasteiger partial charge is 0.502 e. The van der Waals surface area contributed by atoms with Crippen molar-refractivity contribution in [3.63, 3.8) is 0 Å². The summed E-state index contributed by atoms with van der Waals surface area (Å²) in [5.74, 6) is -4.26. The van der Waals surface area contributed by atoms with Crippen LogP contribution in [-0.2, 0) is 26.2 Å². The molecule has 2 saturated heterocycles. The fourth-order valence-electron chi connectivity index (χ4n) is 8.82. The van der Waals surface area contributed by atoms with Crippen molar-refractivity contribution in [3.05, 3.63) is 64.2 Å². The second-order valence-corrected chi connectivity index (χ2v) is 15.0. The molecule has 2 aromatic heterocycles. The van der Waals surface area contributed by atoms with Gasteiger partial charge < -0.3 is 14.6 Å². The van der Waals surface area contributed by atoms with E-state index < -0.39 is 46.8 Å². The number of phenolic OH excluding ortho intramolecular Hbond substituents is 1. The summed E-state index contributed by atoms with van der Waals surface area (Å²) in [7, 11) is 4.55. The lowest BCUT2D eigenvalue weighted by molar-refractivity contribution is -0.131. The van der Waals surface area contributed by atoms with Gasteiger partial charge in [0.1, 0.15) is 11.5 Å². The first-order valence-electron chi connectivity index (χ1n) is 16.0. The number of carbonyl (C=O) groups excluding carboxylic acids is 4. The van der Waals surface area contributed by atoms with E-state index in [1.807, 2.05) is 31.2 Å². The molecule has 2 aliphatic carbocycles. The van der Waals surface area contributed by atoms with Crippen molar-refractivity contribution in [3.8, 4) is 27.8 Å². The van der Waals surface area contributed by atoms with Crippen molar-refractivity contribution >= 4 is 62.5 Å². The summed E-state index contributed by atoms with van der Waals surface area (Å²) < 4.78 is 13.6. The van der Waals surface area contributed by atoms with Crippen LogP contribution in [0.25, 0.3) is 20.7 Å². The van der Waals surface area contributed by atoms with E-state index >= 15 is 0 Å². The minimum atomic E-state index is -1.30. The summed E-state index contributed by atoms with van der Waals surface area (Å²) in [5.41, 5.74) is 1.72. The molecule has 3 fully saturated rings. The summed E-state index contributed by atoms with van der Waals surface area (Å²) in [5, 5.41) is 19.7. The van der Waals surface area contributed by atoms with Crippen LogP contribution in [0.4, 0.5) is 5.82 Å². The Morgan fingerprint density at radius 2 is 1.76 bits per heavy atom. The Labute approximate surface area is 290 Å². The van der Waals surface area contributed by atoms with Gasteiger partial charge in [0.25, 0.3) is 0 Å². The summed E-state index contributed by atoms with van der Waals surface area (Å²) >= 11 is 7.85. The monoisotopic (exact) mass is 700 g/mol. The van der Waals surface area contributed by atoms with E-state index in [1.54, 1.807) is 48.2 Å². The highest BCUT2D eigenvalue weighted by atomic mass is 35.5. The van der Waals surface area contributed by atoms with Crippen molar-refractivity contribution in [2.45, 2.75) is 32.6 Å². The third-order valence-corrected chi connectivity index (χ3v) is 12.7. The van der Waals surface area contributed by atoms with E-state index in [9.17, 15) is 24.3 Å². The van der Waals surface area contributed by atoms with Gasteiger partial charge >= 0.3 is 0 Å². The van der Waals surface area contributed by atoms with Gasteiger partial charge in [-0.25, -0.2) is 4.90 Å². The van der Waals surface area contributed by atoms with Crippen molar-refractivity contribution in [2.75, 3.05) is 19.1 Å². The number of carbonyl (C=O) groups is 4. The number of imide groups is 2. The first-order valence-corrected chi connectivity index (χ1v) is 17.2. The van der Waals surface area contributed by atoms with Gasteiger partial charge in [0.2, 0.25) is 29.4 Å². The molecule has 252 valence electrons. The van der Waals surface area contributed by atoms with Crippen molar-refractivity contribution < 1.29 is 33.8 Å². The zero-order valence-electron chi connectivity index (χ0n) is 27.4. The van der Waals surface area contributed by atoms with Gasteiger partial charge in [-0.3, -0.25) is 29.2 Å². The number of nitrogens with zero attached hydrogens (tertiary/aromatic N) is 3. The van der Waals surface area contributed by atoms with Crippen LogP contribution in [0.2, 0.25) is 5.02 Å². The molecule has 49 heavy (non-hydrogen) atoms. The molecule has 11 nitrogen and oxygen atoms in total. The molecule has 1 saturated carbocycles. The Morgan fingerprint density at radius 1 is 1.04 bits per heavy atom. The zero-order valence-corrected chi connectivity index (χ0v) is 28.9. The van der Waals surface area contributed by atoms with Gasteiger partial charge in [0.15, 0.2) is 11.5 Å². The number of fused-ring (bicyclic) bond motifs is 5. The maximum Gasteiger partial charge on any atom is 0.242 e. The van der Waals surface area contributed by atoms with E-state index in [0.29, 0.717) is 28.5 Å². The number of amides is 4. The SMILES string of the molecule is COc1cc(C2C3=CCC4C(=O)NC(=O)C4C3CC3C(=O)N(c4cc(-c5sc6ccc(Cl)cc6c5C)nn4C)C(=O)C32C)cc(OC)c1O. The van der Waals surface area contributed by atoms with Gasteiger partial charge in [-0.05, 0) is 79.5 Å². The Bertz CT molecular complexity index is 2160. The number of thiophene rings is 1. The number of ether oxygens (including phenoxy) is 2. The van der Waals surface area contributed by atoms with E-state index in [4.69, 9.17) is 26.2 Å². The third-order valence-electron chi connectivity index (χ3n) is 11.2. The molecule has 4 aromatic rings. The highest BCUT2D eigenvalue weighted by molar-refractivity contribution is 7.22. The summed E-state index contributed by atoms with van der Waals surface area (Å²) in [6.45, 7) is 3.80. The van der Waals surface area contributed by atoms with Gasteiger partial charge in [-0.2, -0.15) is 5.10 Å². The molecule has 4 amide bonds. The Kier molecular flexibility index (Phi) is 7.03. The van der Waals surface area contributed by atoms with Crippen LogP contribution < -0.4 is 19.7 Å². The molecule has 2 N–H and O–H groups in total. The molecule has 2 aliphatic heterocycles. The first kappa shape index (κ1) is 31.6. The molecular formula is C36H33ClN4O7S. The van der Waals surface area contributed by atoms with Crippen LogP contribution >= 0.6 is 22.9 Å². The number of anilines is 1. The molecule has 0 bridgehead atoms. The Hall–Kier alpha value is -4.68. The van der Waals surface area contributed by atoms with E-state index in [0.717, 1.165) is 26.1 Å². The normalized spacial score (nSPS) is 27.6. The fraction of sp³-hybridized carbons (Fsp3) is 0.361. The number of allylic oxidation sites excluding steroid dienone is 2. The van der Waals surface area contributed by atoms with Crippen molar-refractivity contribution in [1.82, 2.24) is 15.1 Å². The number of hydrogen-bond donors (Lipinski definition) is 2. The van der Waals surface area contributed by atoms with Gasteiger partial charge in [0.05, 0.1) is 42.3 Å². The van der Waals surface area contributed by atoms with Crippen molar-refractivity contribution in [1.29, 1.82) is 0 Å². The highest BCUT2D eigenvalue weighted by Crippen LogP contribution is 2.64. The lowest BCUT2D eigenvalue weighted by Crippen LogP contribution is -2.48. The molecule has 6 atom stereocenters. The third kappa shape index (κ3) is 4.29. The zero-order chi connectivity index (χ0) is 34.7. The van der Waals surface area contributed by atoms with Crippen LogP contribution in [0.1, 0.15) is 36.8 Å². The van der Waals surface area contributed by atoms with Gasteiger partial charge in [-0.15, -0.1) is 11.3 Å². The predicted octanol–water partition coefficient (Wildman–Crippen LogP) is 5.50. The predicted molar refractivity (Wildman–Crippen MR) is 183 cm³/mol. The number of benzene rings is 2. The van der Waals surface area contributed by atoms with Gasteiger partial charge in [-0.1, -0.05) is 23.3 Å². The number of aryl methyl sites for hydroxylation is 2. The summed E-state index contributed by atoms with van der Waals surface area (Å²) in [4.78, 5) is 57.8. The maximum atomic E-state index is 15.0. The minimum Gasteiger partial charge on any atom is -0.502 e. The highest BCUT2D eigenvalue weighted by Gasteiger charge is 2.67. The van der Waals surface area contributed by atoms with Crippen molar-refractivity contribution in [2.24, 2.45) is 36.1 Å². The number of phenols is 1. The molecule has 2 aromatic carbocycles. The smallest absolute Gasteiger partial charge is 0.242 e. The number of methoxy groups -OCH3 is 2. The van der Waals surface area contributed by atoms with Crippen LogP contribution in [0, 0.1) is 36.0 Å². The van der Waals surface area contributed by atoms with Crippen LogP contribution in [0.15, 0.2) is 48.0 Å². The molecule has 8 rings (SSSR count). The minimum absolute atomic E-state index is 0.143. The Balaban J connectivity index is 1.28. The molecule has 6 unspecified atom stereocenters. The van der Waals surface area contributed by atoms with Crippen LogP contribution in [-0.4, -0.2) is 52.7 Å². The molecule has 0 spiro atoms. The Morgan fingerprint density at radius 3 is 2.45 bits per heavy atom. The lowest BCUT2D eigenvalue weighted by atomic mass is 9.51. The molecule has 13 heteroatoms. The molecule has 4 aliphatic rings. The number of halogens is 1. The van der Waals surface area contributed by atoms with E-state index in [1.165, 1.54) is 19.1 Å². The standard InChI is InChI=1S/C36H33ClN4O7S/c1-15-20-12-17(37)6-9-26(20)49-31(15)23-14-27(40(3)39-23)41-34(45)22-13-21-18(7-8-19-28(21)33(44)38-32(19)43)29(36(22,2)35(41)46)16-10-24(47-4)30(42)25(11-16)48-5/h6-7,9-12,14,19,21-22,28-29,42H,8,13H2,1-5H3,(H,38,43,44). The summed E-state index contributed by atoms with van der Waals surface area (Å²) in [6, 6.07) is 10.8. The van der Waals surface area contributed by atoms with E-state index in [-0.39, 0.29) is 35.5 Å². The van der Waals surface area contributed by atoms with Gasteiger partial charge in [0, 0.05) is 28.8 Å². The number of nitrogens with one attached hydrogen (secondary N) is 1. The number of aromatic hydroxyl groups is 1. The quantitative estimate of drug-likeness (QED) is 0.205. The van der Waals surface area contributed by atoms with Crippen LogP contribution in [0.5, 0.6) is 17.2 Å². The number of rotatable bonds is 5. The summed E-state index contributed by atoms with van der Waals surface area (Å²) in [6.07, 6.45) is 2.50.